The van der Waals surface area contributed by atoms with Crippen molar-refractivity contribution >= 4 is 30.0 Å². The molecule has 1 aromatic carbocycles. The Hall–Kier alpha value is -3.72. The Labute approximate surface area is 255 Å². The van der Waals surface area contributed by atoms with Gasteiger partial charge in [0, 0.05) is 12.8 Å². The van der Waals surface area contributed by atoms with Crippen LogP contribution in [0.1, 0.15) is 59.9 Å². The van der Waals surface area contributed by atoms with Gasteiger partial charge in [-0.3, -0.25) is 24.0 Å². The highest BCUT2D eigenvalue weighted by Gasteiger charge is 2.44. The van der Waals surface area contributed by atoms with Crippen molar-refractivity contribution in [3.05, 3.63) is 35.9 Å². The average Bonchev–Trinajstić information content (AvgIpc) is 2.91. The number of halogens is 3. The van der Waals surface area contributed by atoms with Gasteiger partial charge in [0.05, 0.1) is 11.6 Å². The zero-order chi connectivity index (χ0) is 33.8. The first-order valence-electron chi connectivity index (χ1n) is 14.1. The number of nitrogens with two attached hydrogens (primary N) is 1. The standard InChI is InChI=1S/C29H44F3N5O7/c1-17(2)23(37(15-38)16-44-28(4,5)6)27(43)36-21(14-19-10-8-7-9-11-19)26(42)34-18(3)25(41)35-20(12-13-22(33)39)24(40)29(30,31)32/h7-11,15,17-18,20-21,23-24,40H,12-14,16H2,1-6H3,(H2,33,39)(H,34,42)(H,35,41)(H,36,43). The van der Waals surface area contributed by atoms with Gasteiger partial charge in [0.15, 0.2) is 6.10 Å². The van der Waals surface area contributed by atoms with E-state index in [2.05, 4.69) is 10.6 Å². The molecule has 0 aromatic heterocycles. The van der Waals surface area contributed by atoms with Crippen molar-refractivity contribution in [3.63, 3.8) is 0 Å². The summed E-state index contributed by atoms with van der Waals surface area (Å²) in [5.41, 5.74) is 5.05. The van der Waals surface area contributed by atoms with Crippen LogP contribution in [0.2, 0.25) is 0 Å². The van der Waals surface area contributed by atoms with E-state index in [4.69, 9.17) is 10.5 Å². The number of hydrogen-bond donors (Lipinski definition) is 5. The number of nitrogens with one attached hydrogen (secondary N) is 3. The van der Waals surface area contributed by atoms with Crippen LogP contribution in [0.3, 0.4) is 0 Å². The quantitative estimate of drug-likeness (QED) is 0.126. The minimum absolute atomic E-state index is 0.0226. The van der Waals surface area contributed by atoms with E-state index < -0.39 is 84.4 Å². The third-order valence-electron chi connectivity index (χ3n) is 6.45. The molecule has 0 saturated heterocycles. The first-order chi connectivity index (χ1) is 20.3. The Balaban J connectivity index is 3.18. The van der Waals surface area contributed by atoms with E-state index >= 15 is 0 Å². The Morgan fingerprint density at radius 2 is 1.57 bits per heavy atom. The largest absolute Gasteiger partial charge is 0.416 e. The number of rotatable bonds is 17. The summed E-state index contributed by atoms with van der Waals surface area (Å²) in [5, 5.41) is 16.7. The molecule has 5 atom stereocenters. The van der Waals surface area contributed by atoms with Crippen molar-refractivity contribution in [1.29, 1.82) is 0 Å². The summed E-state index contributed by atoms with van der Waals surface area (Å²) in [6.45, 7) is 9.76. The number of carbonyl (C=O) groups is 5. The van der Waals surface area contributed by atoms with Crippen LogP contribution in [0.4, 0.5) is 13.2 Å². The molecule has 0 aliphatic heterocycles. The van der Waals surface area contributed by atoms with Gasteiger partial charge in [-0.2, -0.15) is 13.2 Å². The number of aliphatic hydroxyl groups excluding tert-OH is 1. The number of alkyl halides is 3. The maximum atomic E-state index is 13.5. The van der Waals surface area contributed by atoms with Gasteiger partial charge in [0.1, 0.15) is 24.9 Å². The van der Waals surface area contributed by atoms with Crippen molar-refractivity contribution < 1.29 is 47.0 Å². The number of hydrogen-bond acceptors (Lipinski definition) is 7. The Bertz CT molecular complexity index is 1110. The highest BCUT2D eigenvalue weighted by atomic mass is 19.4. The molecule has 5 amide bonds. The Kier molecular flexibility index (Phi) is 14.8. The molecular formula is C29H44F3N5O7. The highest BCUT2D eigenvalue weighted by Crippen LogP contribution is 2.24. The summed E-state index contributed by atoms with van der Waals surface area (Å²) in [5.74, 6) is -3.91. The van der Waals surface area contributed by atoms with E-state index in [1.165, 1.54) is 6.92 Å². The number of nitrogens with zero attached hydrogens (tertiary/aromatic N) is 1. The van der Waals surface area contributed by atoms with Crippen LogP contribution in [0.15, 0.2) is 30.3 Å². The second kappa shape index (κ2) is 16.9. The monoisotopic (exact) mass is 631 g/mol. The van der Waals surface area contributed by atoms with Gasteiger partial charge in [-0.05, 0) is 45.6 Å². The molecule has 248 valence electrons. The molecule has 0 radical (unpaired) electrons. The summed E-state index contributed by atoms with van der Waals surface area (Å²) in [7, 11) is 0. The first-order valence-corrected chi connectivity index (χ1v) is 14.1. The van der Waals surface area contributed by atoms with Gasteiger partial charge in [0.2, 0.25) is 30.0 Å². The van der Waals surface area contributed by atoms with Crippen molar-refractivity contribution in [2.75, 3.05) is 6.73 Å². The molecule has 0 heterocycles. The van der Waals surface area contributed by atoms with Crippen LogP contribution in [0.25, 0.3) is 0 Å². The summed E-state index contributed by atoms with van der Waals surface area (Å²) < 4.78 is 45.2. The van der Waals surface area contributed by atoms with E-state index in [1.54, 1.807) is 65.0 Å². The number of aliphatic hydroxyl groups is 1. The van der Waals surface area contributed by atoms with Gasteiger partial charge in [0.25, 0.3) is 0 Å². The van der Waals surface area contributed by atoms with Crippen molar-refractivity contribution in [3.8, 4) is 0 Å². The van der Waals surface area contributed by atoms with Crippen LogP contribution in [0.5, 0.6) is 0 Å². The smallest absolute Gasteiger partial charge is 0.382 e. The molecule has 0 fully saturated rings. The lowest BCUT2D eigenvalue weighted by atomic mass is 10.00. The molecule has 1 aromatic rings. The van der Waals surface area contributed by atoms with Crippen LogP contribution in [-0.2, 0) is 35.1 Å². The van der Waals surface area contributed by atoms with Crippen LogP contribution in [0, 0.1) is 5.92 Å². The minimum atomic E-state index is -5.10. The molecule has 0 saturated carbocycles. The molecule has 0 aliphatic carbocycles. The average molecular weight is 632 g/mol. The van der Waals surface area contributed by atoms with Crippen molar-refractivity contribution in [2.24, 2.45) is 11.7 Å². The van der Waals surface area contributed by atoms with Crippen molar-refractivity contribution in [1.82, 2.24) is 20.9 Å². The Morgan fingerprint density at radius 3 is 2.05 bits per heavy atom. The van der Waals surface area contributed by atoms with E-state index in [9.17, 15) is 42.3 Å². The molecule has 1 rings (SSSR count). The zero-order valence-electron chi connectivity index (χ0n) is 25.8. The molecule has 0 spiro atoms. The minimum Gasteiger partial charge on any atom is -0.382 e. The van der Waals surface area contributed by atoms with Crippen LogP contribution >= 0.6 is 0 Å². The second-order valence-electron chi connectivity index (χ2n) is 11.8. The first kappa shape index (κ1) is 38.3. The molecule has 5 unspecified atom stereocenters. The normalized spacial score (nSPS) is 15.3. The fraction of sp³-hybridized carbons (Fsp3) is 0.621. The number of primary amides is 1. The van der Waals surface area contributed by atoms with Gasteiger partial charge in [-0.1, -0.05) is 44.2 Å². The predicted molar refractivity (Wildman–Crippen MR) is 154 cm³/mol. The van der Waals surface area contributed by atoms with Crippen LogP contribution < -0.4 is 21.7 Å². The third kappa shape index (κ3) is 13.3. The summed E-state index contributed by atoms with van der Waals surface area (Å²) in [4.78, 5) is 63.8. The van der Waals surface area contributed by atoms with E-state index in [-0.39, 0.29) is 13.2 Å². The lowest BCUT2D eigenvalue weighted by molar-refractivity contribution is -0.212. The molecule has 12 nitrogen and oxygen atoms in total. The van der Waals surface area contributed by atoms with Gasteiger partial charge < -0.3 is 36.4 Å². The lowest BCUT2D eigenvalue weighted by Gasteiger charge is -2.33. The van der Waals surface area contributed by atoms with E-state index in [0.29, 0.717) is 12.0 Å². The van der Waals surface area contributed by atoms with Crippen molar-refractivity contribution in [2.45, 2.75) is 103 Å². The molecule has 0 aliphatic rings. The van der Waals surface area contributed by atoms with Gasteiger partial charge in [-0.15, -0.1) is 0 Å². The molecule has 44 heavy (non-hydrogen) atoms. The fourth-order valence-corrected chi connectivity index (χ4v) is 4.12. The topological polar surface area (TPSA) is 180 Å². The molecular weight excluding hydrogens is 587 g/mol. The molecule has 0 bridgehead atoms. The third-order valence-corrected chi connectivity index (χ3v) is 6.45. The van der Waals surface area contributed by atoms with Crippen LogP contribution in [-0.4, -0.2) is 88.8 Å². The maximum Gasteiger partial charge on any atom is 0.416 e. The molecule has 15 heteroatoms. The Morgan fingerprint density at radius 1 is 0.977 bits per heavy atom. The van der Waals surface area contributed by atoms with E-state index in [1.807, 2.05) is 5.32 Å². The predicted octanol–water partition coefficient (Wildman–Crippen LogP) is 1.15. The van der Waals surface area contributed by atoms with E-state index in [0.717, 1.165) is 4.90 Å². The van der Waals surface area contributed by atoms with Gasteiger partial charge >= 0.3 is 6.18 Å². The fourth-order valence-electron chi connectivity index (χ4n) is 4.12. The number of carbonyl (C=O) groups excluding carboxylic acids is 5. The number of amides is 5. The summed E-state index contributed by atoms with van der Waals surface area (Å²) >= 11 is 0. The number of ether oxygens (including phenoxy) is 1. The highest BCUT2D eigenvalue weighted by molar-refractivity contribution is 5.93. The lowest BCUT2D eigenvalue weighted by Crippen LogP contribution is -2.59. The second-order valence-corrected chi connectivity index (χ2v) is 11.8. The van der Waals surface area contributed by atoms with Gasteiger partial charge in [-0.25, -0.2) is 0 Å². The number of benzene rings is 1. The summed E-state index contributed by atoms with van der Waals surface area (Å²) in [6.07, 6.45) is -8.79. The zero-order valence-corrected chi connectivity index (χ0v) is 25.8. The maximum absolute atomic E-state index is 13.5. The summed E-state index contributed by atoms with van der Waals surface area (Å²) in [6, 6.07) is 2.98. The SMILES string of the molecule is CC(NC(=O)C(Cc1ccccc1)NC(=O)C(C(C)C)N(C=O)COC(C)(C)C)C(=O)NC(CCC(N)=O)C(O)C(F)(F)F. The molecule has 6 N–H and O–H groups in total.